The Labute approximate surface area is 105 Å². The highest BCUT2D eigenvalue weighted by atomic mass is 16.3. The number of aromatic nitrogens is 2. The normalized spacial score (nSPS) is 10.4. The van der Waals surface area contributed by atoms with Crippen LogP contribution >= 0.6 is 0 Å². The zero-order valence-electron chi connectivity index (χ0n) is 9.67. The van der Waals surface area contributed by atoms with Crippen LogP contribution in [0.2, 0.25) is 0 Å². The second kappa shape index (κ2) is 4.37. The first-order valence-electron chi connectivity index (χ1n) is 5.71. The minimum absolute atomic E-state index is 0.262. The number of hydrogen-bond donors (Lipinski definition) is 2. The highest BCUT2D eigenvalue weighted by molar-refractivity contribution is 5.70. The van der Waals surface area contributed by atoms with Gasteiger partial charge in [-0.05, 0) is 35.9 Å². The number of phenols is 1. The van der Waals surface area contributed by atoms with Crippen molar-refractivity contribution < 1.29 is 5.11 Å². The van der Waals surface area contributed by atoms with Gasteiger partial charge in [0.1, 0.15) is 5.75 Å². The predicted octanol–water partition coefficient (Wildman–Crippen LogP) is 3.45. The Balaban J connectivity index is 2.06. The van der Waals surface area contributed by atoms with E-state index >= 15 is 0 Å². The smallest absolute Gasteiger partial charge is 0.116 e. The number of aromatic amines is 1. The Morgan fingerprint density at radius 2 is 1.78 bits per heavy atom. The van der Waals surface area contributed by atoms with Gasteiger partial charge in [-0.15, -0.1) is 0 Å². The second-order valence-electron chi connectivity index (χ2n) is 4.10. The molecule has 3 heteroatoms. The van der Waals surface area contributed by atoms with E-state index in [2.05, 4.69) is 9.97 Å². The van der Waals surface area contributed by atoms with Crippen molar-refractivity contribution >= 4 is 0 Å². The third-order valence-corrected chi connectivity index (χ3v) is 2.83. The monoisotopic (exact) mass is 236 g/mol. The molecule has 18 heavy (non-hydrogen) atoms. The Hall–Kier alpha value is -2.55. The number of H-pyrrole nitrogens is 1. The molecule has 0 aliphatic carbocycles. The molecule has 0 radical (unpaired) electrons. The van der Waals surface area contributed by atoms with Gasteiger partial charge in [-0.2, -0.15) is 0 Å². The van der Waals surface area contributed by atoms with Crippen LogP contribution in [0.1, 0.15) is 0 Å². The Morgan fingerprint density at radius 1 is 0.889 bits per heavy atom. The topological polar surface area (TPSA) is 48.9 Å². The van der Waals surface area contributed by atoms with E-state index in [0.717, 1.165) is 22.4 Å². The average molecular weight is 236 g/mol. The molecule has 3 rings (SSSR count). The van der Waals surface area contributed by atoms with E-state index < -0.39 is 0 Å². The molecule has 0 amide bonds. The van der Waals surface area contributed by atoms with Crippen LogP contribution in [0, 0.1) is 0 Å². The summed E-state index contributed by atoms with van der Waals surface area (Å²) in [4.78, 5) is 7.40. The van der Waals surface area contributed by atoms with Crippen molar-refractivity contribution in [3.8, 4) is 28.1 Å². The average Bonchev–Trinajstić information content (AvgIpc) is 2.93. The van der Waals surface area contributed by atoms with E-state index in [1.54, 1.807) is 18.3 Å². The van der Waals surface area contributed by atoms with E-state index in [4.69, 9.17) is 0 Å². The van der Waals surface area contributed by atoms with Crippen LogP contribution in [0.15, 0.2) is 61.1 Å². The summed E-state index contributed by atoms with van der Waals surface area (Å²) in [5.41, 5.74) is 4.00. The fourth-order valence-electron chi connectivity index (χ4n) is 1.94. The number of pyridine rings is 1. The molecule has 0 aliphatic rings. The molecule has 0 aliphatic heterocycles. The van der Waals surface area contributed by atoms with Crippen LogP contribution in [0.4, 0.5) is 0 Å². The first-order valence-corrected chi connectivity index (χ1v) is 5.71. The quantitative estimate of drug-likeness (QED) is 0.716. The molecule has 0 unspecified atom stereocenters. The molecule has 0 bridgehead atoms. The van der Waals surface area contributed by atoms with Crippen molar-refractivity contribution in [3.05, 3.63) is 61.1 Å². The predicted molar refractivity (Wildman–Crippen MR) is 71.1 cm³/mol. The summed E-state index contributed by atoms with van der Waals surface area (Å²) in [6, 6.07) is 13.2. The van der Waals surface area contributed by atoms with Crippen molar-refractivity contribution in [2.75, 3.05) is 0 Å². The molecule has 0 fully saturated rings. The first kappa shape index (κ1) is 10.6. The summed E-state index contributed by atoms with van der Waals surface area (Å²) in [5.74, 6) is 0.262. The van der Waals surface area contributed by atoms with Crippen molar-refractivity contribution in [2.24, 2.45) is 0 Å². The number of aromatic hydroxyl groups is 1. The number of nitrogens with one attached hydrogen (secondary N) is 1. The van der Waals surface area contributed by atoms with Gasteiger partial charge in [0.05, 0.1) is 0 Å². The molecular formula is C15H12N2O. The molecule has 1 aromatic carbocycles. The maximum absolute atomic E-state index is 9.50. The van der Waals surface area contributed by atoms with E-state index in [1.807, 2.05) is 42.7 Å². The standard InChI is InChI=1S/C15H12N2O/c18-14-4-1-3-11(8-14)12-7-13(10-16-9-12)15-5-2-6-17-15/h1-10,17-18H. The fourth-order valence-corrected chi connectivity index (χ4v) is 1.94. The lowest BCUT2D eigenvalue weighted by atomic mass is 10.0. The summed E-state index contributed by atoms with van der Waals surface area (Å²) < 4.78 is 0. The third kappa shape index (κ3) is 1.98. The lowest BCUT2D eigenvalue weighted by molar-refractivity contribution is 0.475. The summed E-state index contributed by atoms with van der Waals surface area (Å²) in [6.07, 6.45) is 5.50. The molecule has 0 saturated heterocycles. The summed E-state index contributed by atoms with van der Waals surface area (Å²) in [5, 5.41) is 9.50. The third-order valence-electron chi connectivity index (χ3n) is 2.83. The van der Waals surface area contributed by atoms with Gasteiger partial charge >= 0.3 is 0 Å². The lowest BCUT2D eigenvalue weighted by Gasteiger charge is -2.04. The fraction of sp³-hybridized carbons (Fsp3) is 0. The van der Waals surface area contributed by atoms with Crippen LogP contribution in [0.25, 0.3) is 22.4 Å². The molecule has 0 spiro atoms. The van der Waals surface area contributed by atoms with Crippen molar-refractivity contribution in [2.45, 2.75) is 0 Å². The van der Waals surface area contributed by atoms with Crippen LogP contribution in [0.5, 0.6) is 5.75 Å². The lowest BCUT2D eigenvalue weighted by Crippen LogP contribution is -1.84. The maximum Gasteiger partial charge on any atom is 0.116 e. The van der Waals surface area contributed by atoms with Crippen molar-refractivity contribution in [1.82, 2.24) is 9.97 Å². The van der Waals surface area contributed by atoms with Crippen LogP contribution in [0.3, 0.4) is 0 Å². The van der Waals surface area contributed by atoms with Gasteiger partial charge in [0.25, 0.3) is 0 Å². The first-order chi connectivity index (χ1) is 8.83. The summed E-state index contributed by atoms with van der Waals surface area (Å²) in [6.45, 7) is 0. The summed E-state index contributed by atoms with van der Waals surface area (Å²) >= 11 is 0. The van der Waals surface area contributed by atoms with Crippen molar-refractivity contribution in [1.29, 1.82) is 0 Å². The van der Waals surface area contributed by atoms with Gasteiger partial charge in [0, 0.05) is 35.4 Å². The largest absolute Gasteiger partial charge is 0.508 e. The Bertz CT molecular complexity index is 660. The maximum atomic E-state index is 9.50. The molecule has 2 N–H and O–H groups in total. The molecule has 2 aromatic heterocycles. The number of rotatable bonds is 2. The summed E-state index contributed by atoms with van der Waals surface area (Å²) in [7, 11) is 0. The Morgan fingerprint density at radius 3 is 2.56 bits per heavy atom. The SMILES string of the molecule is Oc1cccc(-c2cncc(-c3ccc[nH]3)c2)c1. The van der Waals surface area contributed by atoms with E-state index in [-0.39, 0.29) is 5.75 Å². The zero-order chi connectivity index (χ0) is 12.4. The van der Waals surface area contributed by atoms with Gasteiger partial charge < -0.3 is 10.1 Å². The van der Waals surface area contributed by atoms with Gasteiger partial charge in [-0.25, -0.2) is 0 Å². The molecule has 0 atom stereocenters. The van der Waals surface area contributed by atoms with Gasteiger partial charge in [0.15, 0.2) is 0 Å². The molecule has 2 heterocycles. The number of nitrogens with zero attached hydrogens (tertiary/aromatic N) is 1. The van der Waals surface area contributed by atoms with Gasteiger partial charge in [-0.1, -0.05) is 12.1 Å². The van der Waals surface area contributed by atoms with Crippen molar-refractivity contribution in [3.63, 3.8) is 0 Å². The molecular weight excluding hydrogens is 224 g/mol. The minimum atomic E-state index is 0.262. The van der Waals surface area contributed by atoms with Gasteiger partial charge in [0.2, 0.25) is 0 Å². The molecule has 0 saturated carbocycles. The Kier molecular flexibility index (Phi) is 2.57. The second-order valence-corrected chi connectivity index (χ2v) is 4.10. The van der Waals surface area contributed by atoms with Gasteiger partial charge in [-0.3, -0.25) is 4.98 Å². The highest BCUT2D eigenvalue weighted by Crippen LogP contribution is 2.26. The van der Waals surface area contributed by atoms with E-state index in [1.165, 1.54) is 0 Å². The molecule has 88 valence electrons. The number of hydrogen-bond acceptors (Lipinski definition) is 2. The van der Waals surface area contributed by atoms with E-state index in [9.17, 15) is 5.11 Å². The molecule has 3 nitrogen and oxygen atoms in total. The number of phenolic OH excluding ortho intramolecular Hbond substituents is 1. The highest BCUT2D eigenvalue weighted by Gasteiger charge is 2.03. The molecule has 3 aromatic rings. The number of benzene rings is 1. The zero-order valence-corrected chi connectivity index (χ0v) is 9.67. The van der Waals surface area contributed by atoms with Crippen LogP contribution in [-0.2, 0) is 0 Å². The minimum Gasteiger partial charge on any atom is -0.508 e. The van der Waals surface area contributed by atoms with E-state index in [0.29, 0.717) is 0 Å². The van der Waals surface area contributed by atoms with Crippen LogP contribution < -0.4 is 0 Å². The van der Waals surface area contributed by atoms with Crippen LogP contribution in [-0.4, -0.2) is 15.1 Å².